The molecule has 0 amide bonds. The molecule has 0 radical (unpaired) electrons. The summed E-state index contributed by atoms with van der Waals surface area (Å²) in [5.74, 6) is 0. The molecule has 0 bridgehead atoms. The average Bonchev–Trinajstić information content (AvgIpc) is 2.56. The first-order chi connectivity index (χ1) is 11.2. The van der Waals surface area contributed by atoms with E-state index in [-0.39, 0.29) is 0 Å². The molecule has 1 aliphatic carbocycles. The largest absolute Gasteiger partial charge is 0.385 e. The number of benzene rings is 2. The highest BCUT2D eigenvalue weighted by atomic mass is 16.5. The molecule has 2 aromatic carbocycles. The molecule has 1 unspecified atom stereocenters. The van der Waals surface area contributed by atoms with Crippen LogP contribution in [0.3, 0.4) is 0 Å². The van der Waals surface area contributed by atoms with Gasteiger partial charge < -0.3 is 9.84 Å². The zero-order valence-corrected chi connectivity index (χ0v) is 13.9. The predicted molar refractivity (Wildman–Crippen MR) is 93.3 cm³/mol. The van der Waals surface area contributed by atoms with Crippen molar-refractivity contribution in [2.45, 2.75) is 51.2 Å². The van der Waals surface area contributed by atoms with Crippen LogP contribution in [0.25, 0.3) is 0 Å². The second kappa shape index (κ2) is 7.29. The van der Waals surface area contributed by atoms with E-state index in [4.69, 9.17) is 4.74 Å². The zero-order valence-electron chi connectivity index (χ0n) is 13.9. The highest BCUT2D eigenvalue weighted by Gasteiger charge is 2.33. The predicted octanol–water partition coefficient (Wildman–Crippen LogP) is 4.52. The number of rotatable bonds is 6. The molecule has 0 aliphatic heterocycles. The van der Waals surface area contributed by atoms with Gasteiger partial charge in [0.05, 0.1) is 12.2 Å². The lowest BCUT2D eigenvalue weighted by Gasteiger charge is -2.35. The molecule has 0 saturated carbocycles. The molecule has 1 N–H and O–H groups in total. The third-order valence-electron chi connectivity index (χ3n) is 4.79. The maximum absolute atomic E-state index is 11.1. The second-order valence-electron chi connectivity index (χ2n) is 6.69. The van der Waals surface area contributed by atoms with E-state index in [9.17, 15) is 5.11 Å². The highest BCUT2D eigenvalue weighted by molar-refractivity contribution is 5.37. The first-order valence-electron chi connectivity index (χ1n) is 8.61. The highest BCUT2D eigenvalue weighted by Crippen LogP contribution is 2.39. The monoisotopic (exact) mass is 310 g/mol. The van der Waals surface area contributed by atoms with E-state index in [1.54, 1.807) is 0 Å². The Kier molecular flexibility index (Phi) is 5.14. The van der Waals surface area contributed by atoms with E-state index in [0.29, 0.717) is 13.2 Å². The molecule has 122 valence electrons. The average molecular weight is 310 g/mol. The third-order valence-corrected chi connectivity index (χ3v) is 4.79. The van der Waals surface area contributed by atoms with Gasteiger partial charge in [0.15, 0.2) is 0 Å². The van der Waals surface area contributed by atoms with Crippen molar-refractivity contribution < 1.29 is 9.84 Å². The molecule has 3 rings (SSSR count). The number of aryl methyl sites for hydroxylation is 2. The number of ether oxygens (including phenoxy) is 1. The number of hydrogen-bond acceptors (Lipinski definition) is 2. The molecular weight excluding hydrogens is 284 g/mol. The number of aliphatic hydroxyl groups is 1. The van der Waals surface area contributed by atoms with Gasteiger partial charge >= 0.3 is 0 Å². The Morgan fingerprint density at radius 3 is 2.78 bits per heavy atom. The molecular formula is C21H26O2. The Morgan fingerprint density at radius 2 is 1.96 bits per heavy atom. The van der Waals surface area contributed by atoms with Crippen LogP contribution in [-0.2, 0) is 23.4 Å². The van der Waals surface area contributed by atoms with Crippen LogP contribution < -0.4 is 0 Å². The van der Waals surface area contributed by atoms with Crippen molar-refractivity contribution in [1.29, 1.82) is 0 Å². The van der Waals surface area contributed by atoms with Crippen LogP contribution in [-0.4, -0.2) is 11.7 Å². The van der Waals surface area contributed by atoms with Crippen molar-refractivity contribution in [3.63, 3.8) is 0 Å². The summed E-state index contributed by atoms with van der Waals surface area (Å²) in [7, 11) is 0. The molecule has 1 atom stereocenters. The van der Waals surface area contributed by atoms with E-state index in [2.05, 4.69) is 37.3 Å². The van der Waals surface area contributed by atoms with E-state index in [1.807, 2.05) is 18.2 Å². The van der Waals surface area contributed by atoms with Gasteiger partial charge in [0.2, 0.25) is 0 Å². The maximum Gasteiger partial charge on any atom is 0.0900 e. The summed E-state index contributed by atoms with van der Waals surface area (Å²) < 4.78 is 5.76. The molecule has 1 aliphatic rings. The third kappa shape index (κ3) is 4.01. The van der Waals surface area contributed by atoms with Crippen molar-refractivity contribution in [2.24, 2.45) is 0 Å². The second-order valence-corrected chi connectivity index (χ2v) is 6.69. The molecule has 0 heterocycles. The Balaban J connectivity index is 1.53. The Morgan fingerprint density at radius 1 is 1.13 bits per heavy atom. The van der Waals surface area contributed by atoms with Gasteiger partial charge in [0.25, 0.3) is 0 Å². The van der Waals surface area contributed by atoms with Crippen LogP contribution in [0.2, 0.25) is 0 Å². The summed E-state index contributed by atoms with van der Waals surface area (Å²) in [6.45, 7) is 3.44. The van der Waals surface area contributed by atoms with Crippen LogP contribution in [0.5, 0.6) is 0 Å². The molecule has 0 saturated heterocycles. The first kappa shape index (κ1) is 16.2. The van der Waals surface area contributed by atoms with Crippen molar-refractivity contribution in [2.75, 3.05) is 6.61 Å². The van der Waals surface area contributed by atoms with Crippen molar-refractivity contribution in [3.8, 4) is 0 Å². The van der Waals surface area contributed by atoms with Gasteiger partial charge in [0.1, 0.15) is 0 Å². The fraction of sp³-hybridized carbons (Fsp3) is 0.429. The molecule has 0 aromatic heterocycles. The zero-order chi connectivity index (χ0) is 16.1. The number of fused-ring (bicyclic) bond motifs is 1. The summed E-state index contributed by atoms with van der Waals surface area (Å²) in [5.41, 5.74) is 4.21. The normalized spacial score (nSPS) is 20.3. The standard InChI is InChI=1S/C21H26O2/c1-17-10-11-19-9-5-12-21(22,20(19)15-17)13-6-14-23-16-18-7-3-2-4-8-18/h2-4,7-8,10-11,15,22H,5-6,9,12-14,16H2,1H3. The fourth-order valence-electron chi connectivity index (χ4n) is 3.54. The first-order valence-corrected chi connectivity index (χ1v) is 8.61. The minimum Gasteiger partial charge on any atom is -0.385 e. The SMILES string of the molecule is Cc1ccc2c(c1)C(O)(CCCOCc1ccccc1)CCC2. The summed E-state index contributed by atoms with van der Waals surface area (Å²) in [6, 6.07) is 16.7. The molecule has 0 spiro atoms. The van der Waals surface area contributed by atoms with Crippen LogP contribution in [0.4, 0.5) is 0 Å². The molecule has 0 fully saturated rings. The fourth-order valence-corrected chi connectivity index (χ4v) is 3.54. The molecule has 2 nitrogen and oxygen atoms in total. The quantitative estimate of drug-likeness (QED) is 0.795. The summed E-state index contributed by atoms with van der Waals surface area (Å²) in [4.78, 5) is 0. The van der Waals surface area contributed by atoms with Crippen LogP contribution in [0.15, 0.2) is 48.5 Å². The summed E-state index contributed by atoms with van der Waals surface area (Å²) in [6.07, 6.45) is 4.68. The smallest absolute Gasteiger partial charge is 0.0900 e. The lowest BCUT2D eigenvalue weighted by atomic mass is 9.76. The minimum absolute atomic E-state index is 0.648. The number of hydrogen-bond donors (Lipinski definition) is 1. The van der Waals surface area contributed by atoms with Crippen LogP contribution >= 0.6 is 0 Å². The Labute approximate surface area is 139 Å². The molecule has 2 heteroatoms. The van der Waals surface area contributed by atoms with E-state index >= 15 is 0 Å². The summed E-state index contributed by atoms with van der Waals surface area (Å²) in [5, 5.41) is 11.1. The summed E-state index contributed by atoms with van der Waals surface area (Å²) >= 11 is 0. The van der Waals surface area contributed by atoms with E-state index < -0.39 is 5.60 Å². The Bertz CT molecular complexity index is 636. The maximum atomic E-state index is 11.1. The van der Waals surface area contributed by atoms with Crippen LogP contribution in [0.1, 0.15) is 47.9 Å². The van der Waals surface area contributed by atoms with Crippen molar-refractivity contribution in [3.05, 3.63) is 70.8 Å². The van der Waals surface area contributed by atoms with Gasteiger partial charge in [-0.2, -0.15) is 0 Å². The topological polar surface area (TPSA) is 29.5 Å². The van der Waals surface area contributed by atoms with Gasteiger partial charge in [0, 0.05) is 6.61 Å². The van der Waals surface area contributed by atoms with Crippen molar-refractivity contribution >= 4 is 0 Å². The molecule has 2 aromatic rings. The van der Waals surface area contributed by atoms with Gasteiger partial charge in [-0.25, -0.2) is 0 Å². The van der Waals surface area contributed by atoms with Gasteiger partial charge in [-0.1, -0.05) is 54.1 Å². The van der Waals surface area contributed by atoms with Gasteiger partial charge in [-0.3, -0.25) is 0 Å². The van der Waals surface area contributed by atoms with E-state index in [1.165, 1.54) is 16.7 Å². The van der Waals surface area contributed by atoms with E-state index in [0.717, 1.165) is 37.7 Å². The Hall–Kier alpha value is -1.64. The van der Waals surface area contributed by atoms with Crippen LogP contribution in [0, 0.1) is 6.92 Å². The lowest BCUT2D eigenvalue weighted by molar-refractivity contribution is -0.00142. The lowest BCUT2D eigenvalue weighted by Crippen LogP contribution is -2.31. The van der Waals surface area contributed by atoms with Gasteiger partial charge in [-0.15, -0.1) is 0 Å². The minimum atomic E-state index is -0.671. The van der Waals surface area contributed by atoms with Crippen molar-refractivity contribution in [1.82, 2.24) is 0 Å². The van der Waals surface area contributed by atoms with Gasteiger partial charge in [-0.05, 0) is 55.7 Å². The molecule has 23 heavy (non-hydrogen) atoms.